The van der Waals surface area contributed by atoms with Gasteiger partial charge in [0.2, 0.25) is 0 Å². The zero-order valence-electron chi connectivity index (χ0n) is 12.6. The van der Waals surface area contributed by atoms with E-state index in [-0.39, 0.29) is 0 Å². The molecule has 0 bridgehead atoms. The van der Waals surface area contributed by atoms with Crippen LogP contribution in [-0.4, -0.2) is 18.1 Å². The summed E-state index contributed by atoms with van der Waals surface area (Å²) in [6.45, 7) is 6.24. The van der Waals surface area contributed by atoms with E-state index in [0.29, 0.717) is 6.54 Å². The van der Waals surface area contributed by atoms with Crippen molar-refractivity contribution >= 4 is 11.5 Å². The van der Waals surface area contributed by atoms with Gasteiger partial charge in [-0.3, -0.25) is 0 Å². The van der Waals surface area contributed by atoms with Gasteiger partial charge in [0.1, 0.15) is 11.6 Å². The number of ether oxygens (including phenoxy) is 1. The van der Waals surface area contributed by atoms with Crippen molar-refractivity contribution in [2.75, 3.05) is 18.1 Å². The summed E-state index contributed by atoms with van der Waals surface area (Å²) >= 11 is 0. The Kier molecular flexibility index (Phi) is 3.80. The van der Waals surface area contributed by atoms with Gasteiger partial charge in [0, 0.05) is 24.3 Å². The van der Waals surface area contributed by atoms with Crippen molar-refractivity contribution in [2.45, 2.75) is 26.8 Å². The summed E-state index contributed by atoms with van der Waals surface area (Å²) in [5.74, 6) is 1.88. The third-order valence-corrected chi connectivity index (χ3v) is 3.85. The van der Waals surface area contributed by atoms with Gasteiger partial charge in [-0.2, -0.15) is 0 Å². The van der Waals surface area contributed by atoms with E-state index in [2.05, 4.69) is 24.0 Å². The van der Waals surface area contributed by atoms with Gasteiger partial charge in [0.25, 0.3) is 0 Å². The molecule has 0 saturated carbocycles. The standard InChI is InChI=1S/C17H21N3O/c1-12-10-13(2)19-17(14(12)11-18)20-8-5-9-21-16-7-4-3-6-15(16)20/h3-4,6-7,10H,5,8-9,11,18H2,1-2H3. The molecule has 0 saturated heterocycles. The zero-order valence-corrected chi connectivity index (χ0v) is 12.6. The molecular weight excluding hydrogens is 262 g/mol. The molecule has 4 heteroatoms. The molecule has 1 aromatic carbocycles. The summed E-state index contributed by atoms with van der Waals surface area (Å²) in [5, 5.41) is 0. The Balaban J connectivity index is 2.16. The molecule has 2 N–H and O–H groups in total. The second kappa shape index (κ2) is 5.74. The Morgan fingerprint density at radius 3 is 2.90 bits per heavy atom. The number of aromatic nitrogens is 1. The molecule has 0 aliphatic carbocycles. The molecule has 1 aromatic heterocycles. The topological polar surface area (TPSA) is 51.4 Å². The first kappa shape index (κ1) is 13.9. The van der Waals surface area contributed by atoms with Gasteiger partial charge in [-0.15, -0.1) is 0 Å². The van der Waals surface area contributed by atoms with Gasteiger partial charge in [0.15, 0.2) is 0 Å². The molecule has 1 aliphatic heterocycles. The van der Waals surface area contributed by atoms with Crippen LogP contribution in [0.4, 0.5) is 11.5 Å². The van der Waals surface area contributed by atoms with Crippen LogP contribution in [0.1, 0.15) is 23.2 Å². The maximum atomic E-state index is 5.97. The lowest BCUT2D eigenvalue weighted by atomic mass is 10.1. The number of hydrogen-bond donors (Lipinski definition) is 1. The Hall–Kier alpha value is -2.07. The number of para-hydroxylation sites is 2. The lowest BCUT2D eigenvalue weighted by molar-refractivity contribution is 0.322. The van der Waals surface area contributed by atoms with Crippen LogP contribution in [0, 0.1) is 13.8 Å². The van der Waals surface area contributed by atoms with Crippen molar-refractivity contribution < 1.29 is 4.74 Å². The first-order valence-electron chi connectivity index (χ1n) is 7.37. The number of anilines is 2. The van der Waals surface area contributed by atoms with Crippen molar-refractivity contribution in [3.63, 3.8) is 0 Å². The molecule has 3 rings (SSSR count). The van der Waals surface area contributed by atoms with Crippen LogP contribution in [0.2, 0.25) is 0 Å². The fraction of sp³-hybridized carbons (Fsp3) is 0.353. The predicted molar refractivity (Wildman–Crippen MR) is 85.2 cm³/mol. The molecular formula is C17H21N3O. The number of benzene rings is 1. The molecule has 2 heterocycles. The normalized spacial score (nSPS) is 14.3. The molecule has 0 spiro atoms. The Morgan fingerprint density at radius 2 is 2.10 bits per heavy atom. The van der Waals surface area contributed by atoms with E-state index in [1.54, 1.807) is 0 Å². The van der Waals surface area contributed by atoms with Crippen LogP contribution in [-0.2, 0) is 6.54 Å². The Morgan fingerprint density at radius 1 is 1.29 bits per heavy atom. The highest BCUT2D eigenvalue weighted by Crippen LogP contribution is 2.37. The molecule has 21 heavy (non-hydrogen) atoms. The summed E-state index contributed by atoms with van der Waals surface area (Å²) in [6, 6.07) is 10.2. The summed E-state index contributed by atoms with van der Waals surface area (Å²) in [5.41, 5.74) is 10.4. The fourth-order valence-electron chi connectivity index (χ4n) is 2.87. The Bertz CT molecular complexity index is 654. The van der Waals surface area contributed by atoms with Crippen LogP contribution in [0.25, 0.3) is 0 Å². The van der Waals surface area contributed by atoms with E-state index >= 15 is 0 Å². The summed E-state index contributed by atoms with van der Waals surface area (Å²) in [6.07, 6.45) is 0.966. The minimum atomic E-state index is 0.494. The average molecular weight is 283 g/mol. The number of pyridine rings is 1. The monoisotopic (exact) mass is 283 g/mol. The lowest BCUT2D eigenvalue weighted by Gasteiger charge is -2.26. The smallest absolute Gasteiger partial charge is 0.142 e. The van der Waals surface area contributed by atoms with Crippen molar-refractivity contribution in [1.29, 1.82) is 0 Å². The highest BCUT2D eigenvalue weighted by molar-refractivity contribution is 5.70. The fourth-order valence-corrected chi connectivity index (χ4v) is 2.87. The van der Waals surface area contributed by atoms with E-state index in [9.17, 15) is 0 Å². The molecule has 1 aliphatic rings. The SMILES string of the molecule is Cc1cc(C)c(CN)c(N2CCCOc3ccccc32)n1. The molecule has 110 valence electrons. The molecule has 0 unspecified atom stereocenters. The van der Waals surface area contributed by atoms with E-state index < -0.39 is 0 Å². The highest BCUT2D eigenvalue weighted by atomic mass is 16.5. The lowest BCUT2D eigenvalue weighted by Crippen LogP contribution is -2.22. The van der Waals surface area contributed by atoms with E-state index in [4.69, 9.17) is 15.5 Å². The van der Waals surface area contributed by atoms with Crippen LogP contribution in [0.3, 0.4) is 0 Å². The van der Waals surface area contributed by atoms with Gasteiger partial charge in [-0.05, 0) is 44.0 Å². The van der Waals surface area contributed by atoms with Crippen LogP contribution in [0.15, 0.2) is 30.3 Å². The van der Waals surface area contributed by atoms with E-state index in [1.165, 1.54) is 5.56 Å². The molecule has 4 nitrogen and oxygen atoms in total. The number of aryl methyl sites for hydroxylation is 2. The molecule has 0 atom stereocenters. The highest BCUT2D eigenvalue weighted by Gasteiger charge is 2.21. The zero-order chi connectivity index (χ0) is 14.8. The average Bonchev–Trinajstić information content (AvgIpc) is 2.68. The number of nitrogens with zero attached hydrogens (tertiary/aromatic N) is 2. The van der Waals surface area contributed by atoms with Crippen molar-refractivity contribution in [2.24, 2.45) is 5.73 Å². The first-order chi connectivity index (χ1) is 10.2. The summed E-state index contributed by atoms with van der Waals surface area (Å²) in [4.78, 5) is 7.00. The number of hydrogen-bond acceptors (Lipinski definition) is 4. The minimum Gasteiger partial charge on any atom is -0.491 e. The van der Waals surface area contributed by atoms with Crippen LogP contribution in [0.5, 0.6) is 5.75 Å². The number of rotatable bonds is 2. The van der Waals surface area contributed by atoms with Gasteiger partial charge in [-0.1, -0.05) is 12.1 Å². The second-order valence-electron chi connectivity index (χ2n) is 5.41. The molecule has 0 fully saturated rings. The number of nitrogens with two attached hydrogens (primary N) is 1. The van der Waals surface area contributed by atoms with Crippen molar-refractivity contribution in [1.82, 2.24) is 4.98 Å². The largest absolute Gasteiger partial charge is 0.491 e. The predicted octanol–water partition coefficient (Wildman–Crippen LogP) is 3.08. The van der Waals surface area contributed by atoms with Gasteiger partial charge in [0.05, 0.1) is 12.3 Å². The van der Waals surface area contributed by atoms with E-state index in [0.717, 1.165) is 48.1 Å². The molecule has 0 amide bonds. The summed E-state index contributed by atoms with van der Waals surface area (Å²) in [7, 11) is 0. The second-order valence-corrected chi connectivity index (χ2v) is 5.41. The third kappa shape index (κ3) is 2.59. The number of fused-ring (bicyclic) bond motifs is 1. The van der Waals surface area contributed by atoms with Gasteiger partial charge in [-0.25, -0.2) is 4.98 Å². The molecule has 2 aromatic rings. The van der Waals surface area contributed by atoms with Crippen LogP contribution >= 0.6 is 0 Å². The third-order valence-electron chi connectivity index (χ3n) is 3.85. The van der Waals surface area contributed by atoms with Gasteiger partial charge >= 0.3 is 0 Å². The molecule has 0 radical (unpaired) electrons. The maximum absolute atomic E-state index is 5.97. The van der Waals surface area contributed by atoms with Gasteiger partial charge < -0.3 is 15.4 Å². The first-order valence-corrected chi connectivity index (χ1v) is 7.37. The van der Waals surface area contributed by atoms with E-state index in [1.807, 2.05) is 25.1 Å². The Labute approximate surface area is 125 Å². The quantitative estimate of drug-likeness (QED) is 0.920. The van der Waals surface area contributed by atoms with Crippen molar-refractivity contribution in [3.05, 3.63) is 47.2 Å². The maximum Gasteiger partial charge on any atom is 0.142 e. The minimum absolute atomic E-state index is 0.494. The van der Waals surface area contributed by atoms with Crippen LogP contribution < -0.4 is 15.4 Å². The summed E-state index contributed by atoms with van der Waals surface area (Å²) < 4.78 is 5.83. The van der Waals surface area contributed by atoms with Crippen molar-refractivity contribution in [3.8, 4) is 5.75 Å².